The summed E-state index contributed by atoms with van der Waals surface area (Å²) in [6, 6.07) is 3.14. The number of anilines is 1. The van der Waals surface area contributed by atoms with Crippen molar-refractivity contribution in [2.45, 2.75) is 50.6 Å². The number of hydrogen-bond donors (Lipinski definition) is 1. The minimum Gasteiger partial charge on any atom is -0.480 e. The van der Waals surface area contributed by atoms with Crippen LogP contribution in [0.1, 0.15) is 44.2 Å². The van der Waals surface area contributed by atoms with E-state index in [-0.39, 0.29) is 11.7 Å². The van der Waals surface area contributed by atoms with Crippen LogP contribution in [-0.4, -0.2) is 33.1 Å². The Hall–Kier alpha value is -2.16. The fraction of sp³-hybridized carbons (Fsp3) is 0.600. The smallest absolute Gasteiger partial charge is 0.326 e. The Morgan fingerprint density at radius 2 is 2.14 bits per heavy atom. The molecule has 3 unspecified atom stereocenters. The van der Waals surface area contributed by atoms with Crippen LogP contribution in [0, 0.1) is 17.2 Å². The average molecular weight is 286 g/mol. The molecule has 1 aliphatic heterocycles. The number of aliphatic carboxylic acids is 1. The molecule has 21 heavy (non-hydrogen) atoms. The summed E-state index contributed by atoms with van der Waals surface area (Å²) in [5.41, 5.74) is 0.280. The molecule has 6 heteroatoms. The van der Waals surface area contributed by atoms with Crippen molar-refractivity contribution in [3.05, 3.63) is 18.0 Å². The number of nitriles is 1. The van der Waals surface area contributed by atoms with Gasteiger partial charge in [-0.3, -0.25) is 0 Å². The van der Waals surface area contributed by atoms with E-state index in [0.717, 1.165) is 25.7 Å². The van der Waals surface area contributed by atoms with Gasteiger partial charge in [-0.05, 0) is 37.7 Å². The molecule has 0 bridgehead atoms. The highest BCUT2D eigenvalue weighted by Gasteiger charge is 2.42. The maximum Gasteiger partial charge on any atom is 0.326 e. The molecule has 3 rings (SSSR count). The predicted molar refractivity (Wildman–Crippen MR) is 75.6 cm³/mol. The molecule has 1 saturated carbocycles. The van der Waals surface area contributed by atoms with Crippen molar-refractivity contribution in [3.8, 4) is 6.07 Å². The van der Waals surface area contributed by atoms with E-state index in [0.29, 0.717) is 18.3 Å². The molecule has 3 atom stereocenters. The Labute approximate surface area is 123 Å². The van der Waals surface area contributed by atoms with Gasteiger partial charge in [0.1, 0.15) is 17.8 Å². The number of aromatic nitrogens is 2. The zero-order chi connectivity index (χ0) is 14.8. The van der Waals surface area contributed by atoms with Gasteiger partial charge in [0.15, 0.2) is 0 Å². The molecule has 0 spiro atoms. The van der Waals surface area contributed by atoms with E-state index >= 15 is 0 Å². The molecule has 2 fully saturated rings. The molecule has 1 aromatic heterocycles. The summed E-state index contributed by atoms with van der Waals surface area (Å²) in [5.74, 6) is 0.0757. The summed E-state index contributed by atoms with van der Waals surface area (Å²) >= 11 is 0. The number of fused-ring (bicyclic) bond motifs is 1. The molecular weight excluding hydrogens is 268 g/mol. The summed E-state index contributed by atoms with van der Waals surface area (Å²) in [6.07, 6.45) is 7.56. The first-order valence-corrected chi connectivity index (χ1v) is 7.45. The van der Waals surface area contributed by atoms with E-state index in [1.165, 1.54) is 12.6 Å². The zero-order valence-corrected chi connectivity index (χ0v) is 11.8. The molecule has 1 N–H and O–H groups in total. The van der Waals surface area contributed by atoms with Gasteiger partial charge in [0.05, 0.1) is 0 Å². The topological polar surface area (TPSA) is 90.1 Å². The van der Waals surface area contributed by atoms with Gasteiger partial charge in [0.25, 0.3) is 0 Å². The van der Waals surface area contributed by atoms with Crippen molar-refractivity contribution in [1.82, 2.24) is 9.97 Å². The van der Waals surface area contributed by atoms with Crippen molar-refractivity contribution < 1.29 is 9.90 Å². The minimum absolute atomic E-state index is 0.183. The molecule has 0 aromatic carbocycles. The highest BCUT2D eigenvalue weighted by molar-refractivity contribution is 5.78. The van der Waals surface area contributed by atoms with Gasteiger partial charge in [0, 0.05) is 12.2 Å². The van der Waals surface area contributed by atoms with E-state index in [1.807, 2.05) is 11.0 Å². The first kappa shape index (κ1) is 13.8. The van der Waals surface area contributed by atoms with Gasteiger partial charge in [-0.15, -0.1) is 0 Å². The van der Waals surface area contributed by atoms with Crippen LogP contribution in [-0.2, 0) is 4.79 Å². The SMILES string of the molecule is N#Cc1ccnc(N2C(C(=O)O)CCC3CCCCC32)n1. The summed E-state index contributed by atoms with van der Waals surface area (Å²) in [5, 5.41) is 18.5. The Kier molecular flexibility index (Phi) is 3.74. The molecule has 0 radical (unpaired) electrons. The second-order valence-electron chi connectivity index (χ2n) is 5.80. The Bertz CT molecular complexity index is 583. The van der Waals surface area contributed by atoms with Crippen molar-refractivity contribution in [2.24, 2.45) is 5.92 Å². The van der Waals surface area contributed by atoms with Crippen molar-refractivity contribution in [2.75, 3.05) is 4.90 Å². The normalized spacial score (nSPS) is 28.5. The molecule has 0 amide bonds. The molecule has 2 heterocycles. The lowest BCUT2D eigenvalue weighted by Crippen LogP contribution is -2.56. The summed E-state index contributed by atoms with van der Waals surface area (Å²) in [6.45, 7) is 0. The number of carboxylic acid groups (broad SMARTS) is 1. The van der Waals surface area contributed by atoms with Crippen LogP contribution >= 0.6 is 0 Å². The van der Waals surface area contributed by atoms with Crippen LogP contribution in [0.4, 0.5) is 5.95 Å². The lowest BCUT2D eigenvalue weighted by molar-refractivity contribution is -0.139. The summed E-state index contributed by atoms with van der Waals surface area (Å²) in [4.78, 5) is 21.9. The first-order valence-electron chi connectivity index (χ1n) is 7.45. The van der Waals surface area contributed by atoms with Crippen molar-refractivity contribution in [3.63, 3.8) is 0 Å². The van der Waals surface area contributed by atoms with Crippen molar-refractivity contribution >= 4 is 11.9 Å². The fourth-order valence-corrected chi connectivity index (χ4v) is 3.70. The highest BCUT2D eigenvalue weighted by atomic mass is 16.4. The van der Waals surface area contributed by atoms with Crippen LogP contribution in [0.3, 0.4) is 0 Å². The van der Waals surface area contributed by atoms with Crippen molar-refractivity contribution in [1.29, 1.82) is 5.26 Å². The van der Waals surface area contributed by atoms with Gasteiger partial charge < -0.3 is 10.0 Å². The molecule has 1 saturated heterocycles. The van der Waals surface area contributed by atoms with Gasteiger partial charge in [-0.1, -0.05) is 12.8 Å². The highest BCUT2D eigenvalue weighted by Crippen LogP contribution is 2.39. The minimum atomic E-state index is -0.829. The van der Waals surface area contributed by atoms with Gasteiger partial charge in [-0.2, -0.15) is 5.26 Å². The third kappa shape index (κ3) is 2.56. The predicted octanol–water partition coefficient (Wildman–Crippen LogP) is 1.96. The molecule has 110 valence electrons. The number of piperidine rings is 1. The van der Waals surface area contributed by atoms with Gasteiger partial charge >= 0.3 is 5.97 Å². The first-order chi connectivity index (χ1) is 10.2. The van der Waals surface area contributed by atoms with Crippen LogP contribution in [0.5, 0.6) is 0 Å². The molecule has 1 aliphatic carbocycles. The Balaban J connectivity index is 1.99. The molecule has 2 aliphatic rings. The monoisotopic (exact) mass is 286 g/mol. The number of carbonyl (C=O) groups is 1. The lowest BCUT2D eigenvalue weighted by atomic mass is 9.76. The number of nitrogens with zero attached hydrogens (tertiary/aromatic N) is 4. The largest absolute Gasteiger partial charge is 0.480 e. The van der Waals surface area contributed by atoms with E-state index < -0.39 is 12.0 Å². The summed E-state index contributed by atoms with van der Waals surface area (Å²) in [7, 11) is 0. The summed E-state index contributed by atoms with van der Waals surface area (Å²) < 4.78 is 0. The lowest BCUT2D eigenvalue weighted by Gasteiger charge is -2.47. The van der Waals surface area contributed by atoms with Crippen LogP contribution < -0.4 is 4.90 Å². The number of carboxylic acids is 1. The van der Waals surface area contributed by atoms with Gasteiger partial charge in [-0.25, -0.2) is 14.8 Å². The van der Waals surface area contributed by atoms with Crippen LogP contribution in [0.2, 0.25) is 0 Å². The van der Waals surface area contributed by atoms with Gasteiger partial charge in [0.2, 0.25) is 5.95 Å². The van der Waals surface area contributed by atoms with Crippen LogP contribution in [0.15, 0.2) is 12.3 Å². The standard InChI is InChI=1S/C15H18N4O2/c16-9-11-7-8-17-15(18-11)19-12-4-2-1-3-10(12)5-6-13(19)14(20)21/h7-8,10,12-13H,1-6H2,(H,20,21). The van der Waals surface area contributed by atoms with E-state index in [2.05, 4.69) is 9.97 Å². The zero-order valence-electron chi connectivity index (χ0n) is 11.8. The Morgan fingerprint density at radius 3 is 2.90 bits per heavy atom. The average Bonchev–Trinajstić information content (AvgIpc) is 2.53. The molecule has 6 nitrogen and oxygen atoms in total. The molecule has 1 aromatic rings. The third-order valence-corrected chi connectivity index (χ3v) is 4.65. The maximum absolute atomic E-state index is 11.6. The van der Waals surface area contributed by atoms with E-state index in [4.69, 9.17) is 5.26 Å². The Morgan fingerprint density at radius 1 is 1.33 bits per heavy atom. The fourth-order valence-electron chi connectivity index (χ4n) is 3.70. The quantitative estimate of drug-likeness (QED) is 0.893. The van der Waals surface area contributed by atoms with E-state index in [1.54, 1.807) is 6.07 Å². The van der Waals surface area contributed by atoms with E-state index in [9.17, 15) is 9.90 Å². The number of hydrogen-bond acceptors (Lipinski definition) is 5. The molecular formula is C15H18N4O2. The third-order valence-electron chi connectivity index (χ3n) is 4.65. The second kappa shape index (κ2) is 5.68. The maximum atomic E-state index is 11.6. The number of rotatable bonds is 2. The van der Waals surface area contributed by atoms with Crippen LogP contribution in [0.25, 0.3) is 0 Å². The second-order valence-corrected chi connectivity index (χ2v) is 5.80.